The first-order valence-corrected chi connectivity index (χ1v) is 8.11. The Morgan fingerprint density at radius 2 is 2.00 bits per heavy atom. The fraction of sp³-hybridized carbons (Fsp3) is 0.933. The van der Waals surface area contributed by atoms with Crippen LogP contribution in [0, 0.1) is 5.92 Å². The number of likely N-dealkylation sites (tertiary alicyclic amines) is 1. The van der Waals surface area contributed by atoms with E-state index in [1.165, 1.54) is 4.90 Å². The zero-order valence-electron chi connectivity index (χ0n) is 13.2. The molecule has 7 heteroatoms. The third-order valence-electron chi connectivity index (χ3n) is 4.86. The van der Waals surface area contributed by atoms with Gasteiger partial charge < -0.3 is 10.6 Å². The van der Waals surface area contributed by atoms with Gasteiger partial charge in [-0.15, -0.1) is 0 Å². The number of halogens is 3. The highest BCUT2D eigenvalue weighted by Gasteiger charge is 2.42. The predicted molar refractivity (Wildman–Crippen MR) is 78.2 cm³/mol. The first-order chi connectivity index (χ1) is 10.2. The van der Waals surface area contributed by atoms with Crippen molar-refractivity contribution in [1.82, 2.24) is 9.80 Å². The van der Waals surface area contributed by atoms with Crippen molar-refractivity contribution in [3.8, 4) is 0 Å². The van der Waals surface area contributed by atoms with E-state index in [0.717, 1.165) is 32.1 Å². The lowest BCUT2D eigenvalue weighted by atomic mass is 9.97. The summed E-state index contributed by atoms with van der Waals surface area (Å²) in [4.78, 5) is 15.7. The van der Waals surface area contributed by atoms with Gasteiger partial charge in [-0.25, -0.2) is 0 Å². The van der Waals surface area contributed by atoms with Crippen LogP contribution in [0.15, 0.2) is 0 Å². The van der Waals surface area contributed by atoms with Gasteiger partial charge in [-0.3, -0.25) is 9.69 Å². The van der Waals surface area contributed by atoms with Crippen LogP contribution in [0.1, 0.15) is 39.0 Å². The minimum atomic E-state index is -4.17. The van der Waals surface area contributed by atoms with E-state index >= 15 is 0 Å². The summed E-state index contributed by atoms with van der Waals surface area (Å²) in [6.45, 7) is 2.76. The van der Waals surface area contributed by atoms with Gasteiger partial charge in [-0.05, 0) is 31.7 Å². The molecule has 2 rings (SSSR count). The summed E-state index contributed by atoms with van der Waals surface area (Å²) in [6, 6.07) is 0. The maximum absolute atomic E-state index is 12.5. The van der Waals surface area contributed by atoms with Crippen molar-refractivity contribution >= 4 is 5.91 Å². The quantitative estimate of drug-likeness (QED) is 0.842. The van der Waals surface area contributed by atoms with Gasteiger partial charge >= 0.3 is 6.18 Å². The molecule has 0 bridgehead atoms. The number of rotatable bonds is 5. The maximum atomic E-state index is 12.5. The van der Waals surface area contributed by atoms with Gasteiger partial charge in [0.1, 0.15) is 0 Å². The molecular weight excluding hydrogens is 295 g/mol. The number of hydrogen-bond donors (Lipinski definition) is 1. The van der Waals surface area contributed by atoms with Crippen molar-refractivity contribution in [1.29, 1.82) is 0 Å². The zero-order valence-corrected chi connectivity index (χ0v) is 13.2. The number of nitrogens with two attached hydrogens (primary N) is 1. The molecule has 22 heavy (non-hydrogen) atoms. The van der Waals surface area contributed by atoms with Crippen molar-refractivity contribution in [2.45, 2.75) is 50.7 Å². The molecule has 2 fully saturated rings. The van der Waals surface area contributed by atoms with E-state index in [0.29, 0.717) is 26.2 Å². The molecule has 2 N–H and O–H groups in total. The van der Waals surface area contributed by atoms with Gasteiger partial charge in [0, 0.05) is 19.6 Å². The normalized spacial score (nSPS) is 25.2. The highest BCUT2D eigenvalue weighted by Crippen LogP contribution is 2.31. The average Bonchev–Trinajstić information content (AvgIpc) is 3.05. The zero-order chi connectivity index (χ0) is 16.4. The van der Waals surface area contributed by atoms with Gasteiger partial charge in [0.2, 0.25) is 5.91 Å². The van der Waals surface area contributed by atoms with Crippen LogP contribution in [0.3, 0.4) is 0 Å². The second-order valence-corrected chi connectivity index (χ2v) is 6.71. The van der Waals surface area contributed by atoms with E-state index in [2.05, 4.69) is 0 Å². The van der Waals surface area contributed by atoms with Gasteiger partial charge in [-0.1, -0.05) is 19.8 Å². The van der Waals surface area contributed by atoms with Crippen LogP contribution in [0.5, 0.6) is 0 Å². The Labute approximate surface area is 129 Å². The summed E-state index contributed by atoms with van der Waals surface area (Å²) >= 11 is 0. The van der Waals surface area contributed by atoms with E-state index < -0.39 is 18.3 Å². The lowest BCUT2D eigenvalue weighted by Gasteiger charge is -2.29. The topological polar surface area (TPSA) is 49.6 Å². The SMILES string of the molecule is CCN(CC1CCN(C(=O)C2(N)CCCC2)C1)CC(F)(F)F. The number of carbonyl (C=O) groups excluding carboxylic acids is 1. The van der Waals surface area contributed by atoms with E-state index in [-0.39, 0.29) is 11.8 Å². The molecule has 0 radical (unpaired) electrons. The highest BCUT2D eigenvalue weighted by atomic mass is 19.4. The molecule has 0 aromatic rings. The third kappa shape index (κ3) is 4.35. The Bertz CT molecular complexity index is 394. The molecule has 0 spiro atoms. The molecule has 4 nitrogen and oxygen atoms in total. The van der Waals surface area contributed by atoms with Crippen molar-refractivity contribution in [3.63, 3.8) is 0 Å². The Kier molecular flexibility index (Phi) is 5.37. The summed E-state index contributed by atoms with van der Waals surface area (Å²) in [5, 5.41) is 0. The number of carbonyl (C=O) groups is 1. The molecule has 1 aliphatic heterocycles. The monoisotopic (exact) mass is 321 g/mol. The number of hydrogen-bond acceptors (Lipinski definition) is 3. The van der Waals surface area contributed by atoms with Crippen LogP contribution in [0.25, 0.3) is 0 Å². The van der Waals surface area contributed by atoms with Crippen LogP contribution < -0.4 is 5.73 Å². The summed E-state index contributed by atoms with van der Waals surface area (Å²) in [7, 11) is 0. The molecule has 1 aliphatic carbocycles. The molecule has 1 amide bonds. The van der Waals surface area contributed by atoms with Gasteiger partial charge in [0.25, 0.3) is 0 Å². The molecule has 1 saturated carbocycles. The summed E-state index contributed by atoms with van der Waals surface area (Å²) in [5.41, 5.74) is 5.46. The first-order valence-electron chi connectivity index (χ1n) is 8.11. The van der Waals surface area contributed by atoms with Crippen molar-refractivity contribution in [3.05, 3.63) is 0 Å². The lowest BCUT2D eigenvalue weighted by Crippen LogP contribution is -2.53. The highest BCUT2D eigenvalue weighted by molar-refractivity contribution is 5.86. The smallest absolute Gasteiger partial charge is 0.341 e. The molecule has 1 saturated heterocycles. The fourth-order valence-electron chi connectivity index (χ4n) is 3.62. The molecule has 1 heterocycles. The molecule has 1 atom stereocenters. The Morgan fingerprint density at radius 3 is 2.55 bits per heavy atom. The summed E-state index contributed by atoms with van der Waals surface area (Å²) in [6.07, 6.45) is -0.000806. The summed E-state index contributed by atoms with van der Waals surface area (Å²) in [5.74, 6) is 0.0997. The number of nitrogens with zero attached hydrogens (tertiary/aromatic N) is 2. The Morgan fingerprint density at radius 1 is 1.36 bits per heavy atom. The van der Waals surface area contributed by atoms with E-state index in [4.69, 9.17) is 5.73 Å². The number of alkyl halides is 3. The maximum Gasteiger partial charge on any atom is 0.401 e. The summed E-state index contributed by atoms with van der Waals surface area (Å²) < 4.78 is 37.5. The second-order valence-electron chi connectivity index (χ2n) is 6.71. The predicted octanol–water partition coefficient (Wildman–Crippen LogP) is 1.99. The second kappa shape index (κ2) is 6.74. The lowest BCUT2D eigenvalue weighted by molar-refractivity contribution is -0.147. The van der Waals surface area contributed by atoms with E-state index in [9.17, 15) is 18.0 Å². The van der Waals surface area contributed by atoms with Gasteiger partial charge in [0.15, 0.2) is 0 Å². The van der Waals surface area contributed by atoms with Crippen molar-refractivity contribution < 1.29 is 18.0 Å². The fourth-order valence-corrected chi connectivity index (χ4v) is 3.62. The molecule has 0 aromatic heterocycles. The molecule has 2 aliphatic rings. The minimum Gasteiger partial charge on any atom is -0.341 e. The first kappa shape index (κ1) is 17.5. The molecular formula is C15H26F3N3O. The Hall–Kier alpha value is -0.820. The molecule has 128 valence electrons. The molecule has 1 unspecified atom stereocenters. The van der Waals surface area contributed by atoms with Crippen LogP contribution in [0.2, 0.25) is 0 Å². The van der Waals surface area contributed by atoms with Crippen molar-refractivity contribution in [2.24, 2.45) is 11.7 Å². The Balaban J connectivity index is 1.85. The minimum absolute atomic E-state index is 0.00799. The number of amides is 1. The third-order valence-corrected chi connectivity index (χ3v) is 4.86. The average molecular weight is 321 g/mol. The van der Waals surface area contributed by atoms with Gasteiger partial charge in [0.05, 0.1) is 12.1 Å². The van der Waals surface area contributed by atoms with Crippen LogP contribution in [-0.2, 0) is 4.79 Å². The van der Waals surface area contributed by atoms with E-state index in [1.807, 2.05) is 0 Å². The molecule has 0 aromatic carbocycles. The van der Waals surface area contributed by atoms with Crippen molar-refractivity contribution in [2.75, 3.05) is 32.7 Å². The van der Waals surface area contributed by atoms with Crippen LogP contribution in [-0.4, -0.2) is 60.1 Å². The largest absolute Gasteiger partial charge is 0.401 e. The van der Waals surface area contributed by atoms with Crippen LogP contribution >= 0.6 is 0 Å². The standard InChI is InChI=1S/C15H26F3N3O/c1-2-20(11-15(16,17)18)9-12-5-8-21(10-12)13(22)14(19)6-3-4-7-14/h12H,2-11,19H2,1H3. The van der Waals surface area contributed by atoms with Crippen LogP contribution in [0.4, 0.5) is 13.2 Å². The van der Waals surface area contributed by atoms with Gasteiger partial charge in [-0.2, -0.15) is 13.2 Å². The van der Waals surface area contributed by atoms with E-state index in [1.54, 1.807) is 11.8 Å².